The molecular formula is C15H18O4. The van der Waals surface area contributed by atoms with E-state index in [0.29, 0.717) is 18.6 Å². The number of rotatable bonds is 4. The molecule has 1 atom stereocenters. The topological polar surface area (TPSA) is 52.6 Å². The van der Waals surface area contributed by atoms with Crippen LogP contribution in [0, 0.1) is 0 Å². The highest BCUT2D eigenvalue weighted by atomic mass is 16.6. The molecule has 0 N–H and O–H groups in total. The molecule has 0 heterocycles. The molecule has 4 heteroatoms. The number of benzene rings is 1. The first-order chi connectivity index (χ1) is 9.19. The van der Waals surface area contributed by atoms with Crippen LogP contribution >= 0.6 is 0 Å². The van der Waals surface area contributed by atoms with Crippen molar-refractivity contribution in [3.05, 3.63) is 30.3 Å². The third kappa shape index (κ3) is 2.78. The summed E-state index contributed by atoms with van der Waals surface area (Å²) in [5.41, 5.74) is -1.45. The Morgan fingerprint density at radius 1 is 1.26 bits per heavy atom. The number of carbonyl (C=O) groups excluding carboxylic acids is 2. The average molecular weight is 262 g/mol. The van der Waals surface area contributed by atoms with Crippen LogP contribution in [0.15, 0.2) is 30.3 Å². The number of hydrogen-bond acceptors (Lipinski definition) is 4. The molecule has 0 saturated heterocycles. The van der Waals surface area contributed by atoms with Gasteiger partial charge >= 0.3 is 5.97 Å². The molecule has 1 aliphatic carbocycles. The molecule has 1 aromatic carbocycles. The summed E-state index contributed by atoms with van der Waals surface area (Å²) in [5, 5.41) is 0. The van der Waals surface area contributed by atoms with Gasteiger partial charge in [-0.25, -0.2) is 4.79 Å². The third-order valence-electron chi connectivity index (χ3n) is 3.27. The number of Topliss-reactive ketones (excluding diaryl/α,β-unsaturated/α-hetero) is 1. The second-order valence-corrected chi connectivity index (χ2v) is 4.59. The van der Waals surface area contributed by atoms with E-state index < -0.39 is 11.6 Å². The van der Waals surface area contributed by atoms with Crippen LogP contribution < -0.4 is 4.74 Å². The van der Waals surface area contributed by atoms with E-state index in [9.17, 15) is 9.59 Å². The van der Waals surface area contributed by atoms with Gasteiger partial charge in [0.15, 0.2) is 5.78 Å². The van der Waals surface area contributed by atoms with E-state index >= 15 is 0 Å². The maximum Gasteiger partial charge on any atom is 0.358 e. The molecule has 0 spiro atoms. The van der Waals surface area contributed by atoms with E-state index in [4.69, 9.17) is 9.47 Å². The lowest BCUT2D eigenvalue weighted by Gasteiger charge is -2.33. The van der Waals surface area contributed by atoms with Gasteiger partial charge in [0.2, 0.25) is 0 Å². The SMILES string of the molecule is CCOC(=O)C1(Oc2ccccc2)CCCCC1=O. The van der Waals surface area contributed by atoms with E-state index in [1.807, 2.05) is 18.2 Å². The molecule has 2 rings (SSSR count). The molecule has 1 unspecified atom stereocenters. The Morgan fingerprint density at radius 3 is 2.63 bits per heavy atom. The van der Waals surface area contributed by atoms with Crippen LogP contribution in [0.5, 0.6) is 5.75 Å². The Labute approximate surface area is 112 Å². The van der Waals surface area contributed by atoms with Gasteiger partial charge in [-0.15, -0.1) is 0 Å². The van der Waals surface area contributed by atoms with Gasteiger partial charge in [-0.3, -0.25) is 4.79 Å². The first kappa shape index (κ1) is 13.6. The summed E-state index contributed by atoms with van der Waals surface area (Å²) >= 11 is 0. The quantitative estimate of drug-likeness (QED) is 0.618. The van der Waals surface area contributed by atoms with Crippen molar-refractivity contribution in [1.82, 2.24) is 0 Å². The van der Waals surface area contributed by atoms with E-state index in [-0.39, 0.29) is 12.4 Å². The number of hydrogen-bond donors (Lipinski definition) is 0. The lowest BCUT2D eigenvalue weighted by atomic mass is 9.83. The smallest absolute Gasteiger partial charge is 0.358 e. The van der Waals surface area contributed by atoms with Crippen LogP contribution in [0.2, 0.25) is 0 Å². The van der Waals surface area contributed by atoms with Crippen LogP contribution in [0.1, 0.15) is 32.6 Å². The van der Waals surface area contributed by atoms with Crippen molar-refractivity contribution in [2.24, 2.45) is 0 Å². The van der Waals surface area contributed by atoms with Crippen molar-refractivity contribution in [3.8, 4) is 5.75 Å². The second-order valence-electron chi connectivity index (χ2n) is 4.59. The summed E-state index contributed by atoms with van der Waals surface area (Å²) in [7, 11) is 0. The number of ether oxygens (including phenoxy) is 2. The number of para-hydroxylation sites is 1. The minimum absolute atomic E-state index is 0.180. The van der Waals surface area contributed by atoms with Crippen LogP contribution in [-0.4, -0.2) is 24.0 Å². The molecule has 4 nitrogen and oxygen atoms in total. The molecule has 0 aliphatic heterocycles. The van der Waals surface area contributed by atoms with Gasteiger partial charge in [-0.1, -0.05) is 18.2 Å². The highest BCUT2D eigenvalue weighted by Gasteiger charge is 2.50. The van der Waals surface area contributed by atoms with Crippen LogP contribution in [0.3, 0.4) is 0 Å². The summed E-state index contributed by atoms with van der Waals surface area (Å²) in [6.45, 7) is 1.97. The summed E-state index contributed by atoms with van der Waals surface area (Å²) < 4.78 is 10.8. The normalized spacial score (nSPS) is 22.9. The highest BCUT2D eigenvalue weighted by Crippen LogP contribution is 2.31. The predicted molar refractivity (Wildman–Crippen MR) is 69.9 cm³/mol. The number of ketones is 1. The van der Waals surface area contributed by atoms with Gasteiger partial charge in [0.25, 0.3) is 5.60 Å². The lowest BCUT2D eigenvalue weighted by Crippen LogP contribution is -2.54. The Kier molecular flexibility index (Phi) is 4.20. The van der Waals surface area contributed by atoms with Gasteiger partial charge in [0.05, 0.1) is 6.61 Å². The van der Waals surface area contributed by atoms with Crippen LogP contribution in [0.25, 0.3) is 0 Å². The average Bonchev–Trinajstić information content (AvgIpc) is 2.43. The first-order valence-corrected chi connectivity index (χ1v) is 6.63. The molecule has 1 aromatic rings. The number of carbonyl (C=O) groups is 2. The Bertz CT molecular complexity index is 454. The van der Waals surface area contributed by atoms with Gasteiger partial charge in [-0.05, 0) is 31.9 Å². The minimum Gasteiger partial charge on any atom is -0.468 e. The molecule has 0 bridgehead atoms. The molecule has 1 saturated carbocycles. The maximum atomic E-state index is 12.2. The van der Waals surface area contributed by atoms with Crippen molar-refractivity contribution >= 4 is 11.8 Å². The predicted octanol–water partition coefficient (Wildman–Crippen LogP) is 2.51. The second kappa shape index (κ2) is 5.87. The largest absolute Gasteiger partial charge is 0.468 e. The molecule has 1 aliphatic rings. The zero-order chi connectivity index (χ0) is 13.7. The van der Waals surface area contributed by atoms with E-state index in [2.05, 4.69) is 0 Å². The molecule has 102 valence electrons. The van der Waals surface area contributed by atoms with Crippen LogP contribution in [-0.2, 0) is 14.3 Å². The molecule has 0 amide bonds. The van der Waals surface area contributed by atoms with E-state index in [0.717, 1.165) is 12.8 Å². The lowest BCUT2D eigenvalue weighted by molar-refractivity contribution is -0.169. The first-order valence-electron chi connectivity index (χ1n) is 6.63. The fourth-order valence-corrected chi connectivity index (χ4v) is 2.30. The van der Waals surface area contributed by atoms with Gasteiger partial charge in [0.1, 0.15) is 5.75 Å². The molecule has 0 radical (unpaired) electrons. The number of esters is 1. The van der Waals surface area contributed by atoms with Crippen molar-refractivity contribution in [2.75, 3.05) is 6.61 Å². The van der Waals surface area contributed by atoms with Crippen molar-refractivity contribution in [3.63, 3.8) is 0 Å². The van der Waals surface area contributed by atoms with Gasteiger partial charge in [-0.2, -0.15) is 0 Å². The molecule has 19 heavy (non-hydrogen) atoms. The summed E-state index contributed by atoms with van der Waals surface area (Å²) in [4.78, 5) is 24.4. The zero-order valence-corrected chi connectivity index (χ0v) is 11.1. The monoisotopic (exact) mass is 262 g/mol. The molecule has 0 aromatic heterocycles. The molecular weight excluding hydrogens is 244 g/mol. The fourth-order valence-electron chi connectivity index (χ4n) is 2.30. The maximum absolute atomic E-state index is 12.2. The van der Waals surface area contributed by atoms with Crippen molar-refractivity contribution in [1.29, 1.82) is 0 Å². The summed E-state index contributed by atoms with van der Waals surface area (Å²) in [6.07, 6.45) is 2.35. The summed E-state index contributed by atoms with van der Waals surface area (Å²) in [6, 6.07) is 8.95. The fraction of sp³-hybridized carbons (Fsp3) is 0.467. The van der Waals surface area contributed by atoms with Crippen molar-refractivity contribution in [2.45, 2.75) is 38.2 Å². The van der Waals surface area contributed by atoms with Crippen molar-refractivity contribution < 1.29 is 19.1 Å². The Hall–Kier alpha value is -1.84. The van der Waals surface area contributed by atoms with E-state index in [1.54, 1.807) is 19.1 Å². The van der Waals surface area contributed by atoms with Gasteiger partial charge < -0.3 is 9.47 Å². The van der Waals surface area contributed by atoms with Crippen LogP contribution in [0.4, 0.5) is 0 Å². The van der Waals surface area contributed by atoms with Gasteiger partial charge in [0, 0.05) is 12.8 Å². The highest BCUT2D eigenvalue weighted by molar-refractivity contribution is 6.08. The standard InChI is InChI=1S/C15H18O4/c1-2-18-14(17)15(11-7-6-10-13(15)16)19-12-8-4-3-5-9-12/h3-5,8-9H,2,6-7,10-11H2,1H3. The summed E-state index contributed by atoms with van der Waals surface area (Å²) in [5.74, 6) is -0.226. The van der Waals surface area contributed by atoms with E-state index in [1.165, 1.54) is 0 Å². The minimum atomic E-state index is -1.45. The molecule has 1 fully saturated rings. The Morgan fingerprint density at radius 2 is 2.00 bits per heavy atom. The Balaban J connectivity index is 2.28. The zero-order valence-electron chi connectivity index (χ0n) is 11.1. The third-order valence-corrected chi connectivity index (χ3v) is 3.27.